The number of hydrogen-bond donors (Lipinski definition) is 0. The molecule has 0 unspecified atom stereocenters. The Kier molecular flexibility index (Phi) is 2.94. The molecule has 0 fully saturated rings. The van der Waals surface area contributed by atoms with E-state index in [0.29, 0.717) is 17.5 Å². The largest absolute Gasteiger partial charge is 0.265 e. The van der Waals surface area contributed by atoms with E-state index in [9.17, 15) is 0 Å². The second-order valence-electron chi connectivity index (χ2n) is 4.01. The average Bonchev–Trinajstić information content (AvgIpc) is 2.48. The predicted octanol–water partition coefficient (Wildman–Crippen LogP) is 2.30. The molecule has 5 nitrogen and oxygen atoms in total. The van der Waals surface area contributed by atoms with Gasteiger partial charge in [0.25, 0.3) is 0 Å². The lowest BCUT2D eigenvalue weighted by molar-refractivity contribution is 0.989. The van der Waals surface area contributed by atoms with Crippen molar-refractivity contribution < 1.29 is 0 Å². The van der Waals surface area contributed by atoms with Crippen LogP contribution in [0.2, 0.25) is 0 Å². The maximum Gasteiger partial charge on any atom is 0.165 e. The summed E-state index contributed by atoms with van der Waals surface area (Å²) in [6.07, 6.45) is 6.91. The van der Waals surface area contributed by atoms with Gasteiger partial charge >= 0.3 is 0 Å². The quantitative estimate of drug-likeness (QED) is 0.697. The van der Waals surface area contributed by atoms with Gasteiger partial charge in [0, 0.05) is 35.9 Å². The van der Waals surface area contributed by atoms with Crippen LogP contribution in [-0.2, 0) is 0 Å². The molecule has 3 rings (SSSR count). The van der Waals surface area contributed by atoms with Gasteiger partial charge in [0.05, 0.1) is 0 Å². The van der Waals surface area contributed by atoms with Crippen LogP contribution >= 0.6 is 0 Å². The summed E-state index contributed by atoms with van der Waals surface area (Å²) in [6, 6.07) is 7.54. The molecule has 0 atom stereocenters. The zero-order chi connectivity index (χ0) is 13.1. The van der Waals surface area contributed by atoms with Crippen LogP contribution in [0.5, 0.6) is 0 Å². The molecule has 3 aromatic rings. The smallest absolute Gasteiger partial charge is 0.165 e. The van der Waals surface area contributed by atoms with E-state index < -0.39 is 0 Å². The lowest BCUT2D eigenvalue weighted by Gasteiger charge is -2.04. The second-order valence-corrected chi connectivity index (χ2v) is 4.01. The van der Waals surface area contributed by atoms with Crippen LogP contribution in [-0.4, -0.2) is 24.9 Å². The minimum atomic E-state index is 0.632. The van der Waals surface area contributed by atoms with Gasteiger partial charge in [0.15, 0.2) is 11.6 Å². The van der Waals surface area contributed by atoms with Gasteiger partial charge in [-0.25, -0.2) is 15.0 Å². The first-order chi connectivity index (χ1) is 9.33. The zero-order valence-corrected chi connectivity index (χ0v) is 10.4. The van der Waals surface area contributed by atoms with E-state index in [-0.39, 0.29) is 0 Å². The molecule has 0 saturated carbocycles. The topological polar surface area (TPSA) is 64.5 Å². The number of nitrogens with zero attached hydrogens (tertiary/aromatic N) is 5. The van der Waals surface area contributed by atoms with Gasteiger partial charge in [-0.15, -0.1) is 0 Å². The normalized spacial score (nSPS) is 10.4. The SMILES string of the molecule is Cc1nc(-c2ccncc2)nc(-c2cccnc2)n1. The van der Waals surface area contributed by atoms with Gasteiger partial charge < -0.3 is 0 Å². The van der Waals surface area contributed by atoms with E-state index in [0.717, 1.165) is 11.1 Å². The highest BCUT2D eigenvalue weighted by atomic mass is 15.0. The summed E-state index contributed by atoms with van der Waals surface area (Å²) in [5.41, 5.74) is 1.80. The van der Waals surface area contributed by atoms with Gasteiger partial charge in [0.2, 0.25) is 0 Å². The van der Waals surface area contributed by atoms with Crippen LogP contribution in [0, 0.1) is 6.92 Å². The number of aryl methyl sites for hydroxylation is 1. The van der Waals surface area contributed by atoms with Crippen molar-refractivity contribution in [3.63, 3.8) is 0 Å². The number of hydrogen-bond acceptors (Lipinski definition) is 5. The second kappa shape index (κ2) is 4.89. The van der Waals surface area contributed by atoms with E-state index in [1.54, 1.807) is 24.8 Å². The molecule has 0 bridgehead atoms. The highest BCUT2D eigenvalue weighted by Gasteiger charge is 2.07. The van der Waals surface area contributed by atoms with Crippen molar-refractivity contribution in [1.29, 1.82) is 0 Å². The Hall–Kier alpha value is -2.69. The van der Waals surface area contributed by atoms with E-state index in [1.165, 1.54) is 0 Å². The molecule has 0 radical (unpaired) electrons. The lowest BCUT2D eigenvalue weighted by atomic mass is 10.2. The third-order valence-electron chi connectivity index (χ3n) is 2.61. The molecule has 0 amide bonds. The molecule has 5 heteroatoms. The van der Waals surface area contributed by atoms with Crippen LogP contribution in [0.15, 0.2) is 49.1 Å². The first-order valence-corrected chi connectivity index (χ1v) is 5.86. The minimum absolute atomic E-state index is 0.632. The molecule has 0 saturated heterocycles. The molecule has 92 valence electrons. The van der Waals surface area contributed by atoms with E-state index in [2.05, 4.69) is 24.9 Å². The summed E-state index contributed by atoms with van der Waals surface area (Å²) in [7, 11) is 0. The van der Waals surface area contributed by atoms with Crippen LogP contribution < -0.4 is 0 Å². The molecule has 0 spiro atoms. The van der Waals surface area contributed by atoms with Crippen LogP contribution in [0.4, 0.5) is 0 Å². The average molecular weight is 249 g/mol. The van der Waals surface area contributed by atoms with Crippen molar-refractivity contribution in [3.05, 3.63) is 54.9 Å². The Morgan fingerprint density at radius 3 is 2.16 bits per heavy atom. The first kappa shape index (κ1) is 11.4. The summed E-state index contributed by atoms with van der Waals surface area (Å²) in [5, 5.41) is 0. The summed E-state index contributed by atoms with van der Waals surface area (Å²) in [6.45, 7) is 1.85. The molecular formula is C14H11N5. The highest BCUT2D eigenvalue weighted by molar-refractivity contribution is 5.59. The third-order valence-corrected chi connectivity index (χ3v) is 2.61. The monoisotopic (exact) mass is 249 g/mol. The maximum absolute atomic E-state index is 4.48. The number of rotatable bonds is 2. The Morgan fingerprint density at radius 1 is 0.737 bits per heavy atom. The molecular weight excluding hydrogens is 238 g/mol. The Balaban J connectivity index is 2.12. The van der Waals surface area contributed by atoms with Gasteiger partial charge in [-0.1, -0.05) is 0 Å². The summed E-state index contributed by atoms with van der Waals surface area (Å²) < 4.78 is 0. The molecule has 0 N–H and O–H groups in total. The van der Waals surface area contributed by atoms with Crippen molar-refractivity contribution in [2.75, 3.05) is 0 Å². The lowest BCUT2D eigenvalue weighted by Crippen LogP contribution is -1.99. The minimum Gasteiger partial charge on any atom is -0.265 e. The third kappa shape index (κ3) is 2.44. The molecule has 19 heavy (non-hydrogen) atoms. The molecule has 3 aromatic heterocycles. The van der Waals surface area contributed by atoms with Crippen molar-refractivity contribution in [2.24, 2.45) is 0 Å². The predicted molar refractivity (Wildman–Crippen MR) is 71.0 cm³/mol. The van der Waals surface area contributed by atoms with Crippen LogP contribution in [0.3, 0.4) is 0 Å². The van der Waals surface area contributed by atoms with E-state index >= 15 is 0 Å². The fraction of sp³-hybridized carbons (Fsp3) is 0.0714. The standard InChI is InChI=1S/C14H11N5/c1-10-17-13(11-4-7-15-8-5-11)19-14(18-10)12-3-2-6-16-9-12/h2-9H,1H3. The number of pyridine rings is 2. The molecule has 0 aliphatic rings. The van der Waals surface area contributed by atoms with Crippen molar-refractivity contribution in [3.8, 4) is 22.8 Å². The van der Waals surface area contributed by atoms with Crippen molar-refractivity contribution in [1.82, 2.24) is 24.9 Å². The zero-order valence-electron chi connectivity index (χ0n) is 10.4. The van der Waals surface area contributed by atoms with Gasteiger partial charge in [-0.05, 0) is 31.2 Å². The molecule has 0 aromatic carbocycles. The Morgan fingerprint density at radius 2 is 1.47 bits per heavy atom. The number of aromatic nitrogens is 5. The molecule has 3 heterocycles. The Labute approximate surface area is 110 Å². The van der Waals surface area contributed by atoms with Gasteiger partial charge in [-0.2, -0.15) is 0 Å². The van der Waals surface area contributed by atoms with Crippen LogP contribution in [0.1, 0.15) is 5.82 Å². The van der Waals surface area contributed by atoms with Crippen molar-refractivity contribution >= 4 is 0 Å². The molecule has 0 aliphatic carbocycles. The summed E-state index contributed by atoms with van der Waals surface area (Å²) in [5.74, 6) is 1.96. The first-order valence-electron chi connectivity index (χ1n) is 5.86. The maximum atomic E-state index is 4.48. The van der Waals surface area contributed by atoms with Gasteiger partial charge in [-0.3, -0.25) is 9.97 Å². The summed E-state index contributed by atoms with van der Waals surface area (Å²) in [4.78, 5) is 21.3. The summed E-state index contributed by atoms with van der Waals surface area (Å²) >= 11 is 0. The Bertz CT molecular complexity index is 625. The fourth-order valence-corrected chi connectivity index (χ4v) is 1.74. The van der Waals surface area contributed by atoms with Crippen molar-refractivity contribution in [2.45, 2.75) is 6.92 Å². The van der Waals surface area contributed by atoms with E-state index in [4.69, 9.17) is 0 Å². The highest BCUT2D eigenvalue weighted by Crippen LogP contribution is 2.18. The van der Waals surface area contributed by atoms with E-state index in [1.807, 2.05) is 31.2 Å². The fourth-order valence-electron chi connectivity index (χ4n) is 1.74. The van der Waals surface area contributed by atoms with Crippen LogP contribution in [0.25, 0.3) is 22.8 Å². The van der Waals surface area contributed by atoms with Gasteiger partial charge in [0.1, 0.15) is 5.82 Å². The molecule has 0 aliphatic heterocycles.